The van der Waals surface area contributed by atoms with E-state index in [-0.39, 0.29) is 0 Å². The van der Waals surface area contributed by atoms with Crippen molar-refractivity contribution in [2.75, 3.05) is 0 Å². The Morgan fingerprint density at radius 1 is 0.487 bits per heavy atom. The number of hydrogen-bond acceptors (Lipinski definition) is 5. The highest BCUT2D eigenvalue weighted by molar-refractivity contribution is 7.26. The second kappa shape index (κ2) is 7.76. The number of benzene rings is 6. The van der Waals surface area contributed by atoms with Gasteiger partial charge in [-0.05, 0) is 44.5 Å². The number of hydrogen-bond donors (Lipinski definition) is 0. The summed E-state index contributed by atoms with van der Waals surface area (Å²) in [5.41, 5.74) is 2.95. The first kappa shape index (κ1) is 21.0. The van der Waals surface area contributed by atoms with Crippen LogP contribution in [-0.4, -0.2) is 19.9 Å². The fraction of sp³-hybridized carbons (Fsp3) is 0. The minimum absolute atomic E-state index is 0.667. The van der Waals surface area contributed by atoms with Gasteiger partial charge in [0.1, 0.15) is 4.83 Å². The van der Waals surface area contributed by atoms with E-state index in [1.807, 2.05) is 66.9 Å². The van der Waals surface area contributed by atoms with Gasteiger partial charge in [0, 0.05) is 38.4 Å². The number of aromatic nitrogens is 4. The molecule has 3 heterocycles. The monoisotopic (exact) mass is 514 g/mol. The Labute approximate surface area is 226 Å². The molecule has 0 saturated heterocycles. The Morgan fingerprint density at radius 3 is 1.90 bits per heavy atom. The van der Waals surface area contributed by atoms with Gasteiger partial charge in [0.05, 0.1) is 0 Å². The average molecular weight is 515 g/mol. The second-order valence-electron chi connectivity index (χ2n) is 9.87. The third-order valence-corrected chi connectivity index (χ3v) is 8.83. The normalized spacial score (nSPS) is 12.1. The van der Waals surface area contributed by atoms with Crippen molar-refractivity contribution in [3.8, 4) is 34.2 Å². The molecule has 0 unspecified atom stereocenters. The topological polar surface area (TPSA) is 51.6 Å². The molecule has 0 atom stereocenters. The molecule has 0 aliphatic rings. The predicted molar refractivity (Wildman–Crippen MR) is 162 cm³/mol. The van der Waals surface area contributed by atoms with Gasteiger partial charge in [-0.25, -0.2) is 19.9 Å². The minimum Gasteiger partial charge on any atom is -0.245 e. The van der Waals surface area contributed by atoms with Crippen molar-refractivity contribution in [3.63, 3.8) is 0 Å². The van der Waals surface area contributed by atoms with Crippen molar-refractivity contribution in [2.24, 2.45) is 0 Å². The van der Waals surface area contributed by atoms with E-state index < -0.39 is 0 Å². The zero-order valence-corrected chi connectivity index (χ0v) is 21.4. The highest BCUT2D eigenvalue weighted by atomic mass is 32.1. The van der Waals surface area contributed by atoms with E-state index >= 15 is 0 Å². The molecular formula is C34H18N4S. The number of nitrogens with zero attached hydrogens (tertiary/aromatic N) is 4. The first-order valence-corrected chi connectivity index (χ1v) is 13.7. The smallest absolute Gasteiger partial charge is 0.165 e. The van der Waals surface area contributed by atoms with Crippen molar-refractivity contribution >= 4 is 64.0 Å². The van der Waals surface area contributed by atoms with E-state index in [0.29, 0.717) is 17.5 Å². The van der Waals surface area contributed by atoms with Crippen molar-refractivity contribution in [1.29, 1.82) is 0 Å². The lowest BCUT2D eigenvalue weighted by Crippen LogP contribution is -2.00. The Bertz CT molecular complexity index is 2270. The molecule has 9 aromatic rings. The molecule has 0 saturated carbocycles. The fourth-order valence-electron chi connectivity index (χ4n) is 6.00. The molecule has 0 N–H and O–H groups in total. The molecule has 0 spiro atoms. The fourth-order valence-corrected chi connectivity index (χ4v) is 7.19. The second-order valence-corrected chi connectivity index (χ2v) is 10.9. The van der Waals surface area contributed by atoms with E-state index in [2.05, 4.69) is 42.5 Å². The van der Waals surface area contributed by atoms with Crippen LogP contribution in [0.4, 0.5) is 0 Å². The van der Waals surface area contributed by atoms with Crippen molar-refractivity contribution in [3.05, 3.63) is 109 Å². The van der Waals surface area contributed by atoms with Crippen LogP contribution < -0.4 is 0 Å². The number of thiophene rings is 1. The molecule has 0 aliphatic heterocycles. The van der Waals surface area contributed by atoms with Gasteiger partial charge in [0.15, 0.2) is 17.5 Å². The average Bonchev–Trinajstić information content (AvgIpc) is 3.41. The van der Waals surface area contributed by atoms with E-state index in [1.54, 1.807) is 11.3 Å². The largest absolute Gasteiger partial charge is 0.245 e. The predicted octanol–water partition coefficient (Wildman–Crippen LogP) is 8.97. The molecule has 0 radical (unpaired) electrons. The lowest BCUT2D eigenvalue weighted by molar-refractivity contribution is 1.08. The summed E-state index contributed by atoms with van der Waals surface area (Å²) >= 11 is 1.73. The van der Waals surface area contributed by atoms with Crippen LogP contribution in [-0.2, 0) is 0 Å². The van der Waals surface area contributed by atoms with Crippen LogP contribution in [0.15, 0.2) is 109 Å². The van der Waals surface area contributed by atoms with Crippen LogP contribution in [0.2, 0.25) is 0 Å². The summed E-state index contributed by atoms with van der Waals surface area (Å²) in [5.74, 6) is 2.01. The summed E-state index contributed by atoms with van der Waals surface area (Å²) in [6.07, 6.45) is 1.93. The highest BCUT2D eigenvalue weighted by Gasteiger charge is 2.23. The Hall–Kier alpha value is -5.00. The lowest BCUT2D eigenvalue weighted by atomic mass is 9.89. The van der Waals surface area contributed by atoms with Crippen LogP contribution in [0.3, 0.4) is 0 Å². The Kier molecular flexibility index (Phi) is 4.18. The summed E-state index contributed by atoms with van der Waals surface area (Å²) in [5, 5.41) is 10.1. The van der Waals surface area contributed by atoms with Crippen LogP contribution in [0.1, 0.15) is 0 Å². The van der Waals surface area contributed by atoms with Gasteiger partial charge in [0.25, 0.3) is 0 Å². The molecule has 0 bridgehead atoms. The molecule has 39 heavy (non-hydrogen) atoms. The highest BCUT2D eigenvalue weighted by Crippen LogP contribution is 2.50. The molecular weight excluding hydrogens is 496 g/mol. The van der Waals surface area contributed by atoms with Gasteiger partial charge in [-0.15, -0.1) is 11.3 Å². The number of fused-ring (bicyclic) bond motifs is 1. The Balaban J connectivity index is 1.44. The molecule has 0 aliphatic carbocycles. The molecule has 0 fully saturated rings. The van der Waals surface area contributed by atoms with Gasteiger partial charge < -0.3 is 0 Å². The molecule has 3 aromatic heterocycles. The van der Waals surface area contributed by atoms with Crippen molar-refractivity contribution < 1.29 is 0 Å². The third kappa shape index (κ3) is 2.93. The first-order chi connectivity index (χ1) is 19.3. The zero-order valence-electron chi connectivity index (χ0n) is 20.6. The minimum atomic E-state index is 0.667. The molecule has 180 valence electrons. The van der Waals surface area contributed by atoms with Gasteiger partial charge >= 0.3 is 0 Å². The molecule has 4 nitrogen and oxygen atoms in total. The van der Waals surface area contributed by atoms with Crippen molar-refractivity contribution in [2.45, 2.75) is 0 Å². The molecule has 0 amide bonds. The zero-order chi connectivity index (χ0) is 25.5. The van der Waals surface area contributed by atoms with Gasteiger partial charge in [-0.2, -0.15) is 0 Å². The first-order valence-electron chi connectivity index (χ1n) is 12.9. The summed E-state index contributed by atoms with van der Waals surface area (Å²) in [7, 11) is 0. The van der Waals surface area contributed by atoms with E-state index in [0.717, 1.165) is 21.5 Å². The van der Waals surface area contributed by atoms with Gasteiger partial charge in [-0.1, -0.05) is 91.0 Å². The molecule has 5 heteroatoms. The van der Waals surface area contributed by atoms with Crippen molar-refractivity contribution in [1.82, 2.24) is 19.9 Å². The van der Waals surface area contributed by atoms with Gasteiger partial charge in [0.2, 0.25) is 0 Å². The van der Waals surface area contributed by atoms with E-state index in [4.69, 9.17) is 19.9 Å². The molecule has 9 rings (SSSR count). The maximum Gasteiger partial charge on any atom is 0.165 e. The summed E-state index contributed by atoms with van der Waals surface area (Å²) in [6, 6.07) is 35.7. The van der Waals surface area contributed by atoms with Gasteiger partial charge in [-0.3, -0.25) is 0 Å². The third-order valence-electron chi connectivity index (χ3n) is 7.69. The number of rotatable bonds is 3. The summed E-state index contributed by atoms with van der Waals surface area (Å²) < 4.78 is 1.17. The standard InChI is InChI=1S/C34H18N4S/c1-3-8-20(9-4-1)31-36-32(21-10-5-2-6-11-21)38-33(37-31)25-18-22-15-14-19-12-7-13-23-24-16-17-35-34-28(24)29(30(25)39-34)27(22)26(19)23/h1-18H. The maximum atomic E-state index is 5.06. The molecule has 6 aromatic carbocycles. The number of pyridine rings is 1. The SMILES string of the molecule is c1ccc(-c2nc(-c3ccccc3)nc(-c3cc4ccc5cccc6c7ccnc8sc3c(c87)c4c56)n2)cc1. The van der Waals surface area contributed by atoms with E-state index in [9.17, 15) is 0 Å². The van der Waals surface area contributed by atoms with Crippen LogP contribution >= 0.6 is 11.3 Å². The quantitative estimate of drug-likeness (QED) is 0.174. The summed E-state index contributed by atoms with van der Waals surface area (Å²) in [6.45, 7) is 0. The summed E-state index contributed by atoms with van der Waals surface area (Å²) in [4.78, 5) is 20.9. The maximum absolute atomic E-state index is 5.06. The van der Waals surface area contributed by atoms with Crippen LogP contribution in [0, 0.1) is 0 Å². The lowest BCUT2D eigenvalue weighted by Gasteiger charge is -2.15. The van der Waals surface area contributed by atoms with Crippen LogP contribution in [0.5, 0.6) is 0 Å². The Morgan fingerprint density at radius 2 is 1.15 bits per heavy atom. The van der Waals surface area contributed by atoms with E-state index in [1.165, 1.54) is 47.8 Å². The van der Waals surface area contributed by atoms with Crippen LogP contribution in [0.25, 0.3) is 86.8 Å².